The van der Waals surface area contributed by atoms with E-state index < -0.39 is 0 Å². The Morgan fingerprint density at radius 2 is 1.93 bits per heavy atom. The molecular weight excluding hydrogens is 252 g/mol. The first-order valence-electron chi connectivity index (χ1n) is 5.49. The van der Waals surface area contributed by atoms with Gasteiger partial charge in [0.05, 0.1) is 0 Å². The number of hydrogen-bond acceptors (Lipinski definition) is 2. The van der Waals surface area contributed by atoms with Gasteiger partial charge in [-0.3, -0.25) is 0 Å². The lowest BCUT2D eigenvalue weighted by Gasteiger charge is -2.05. The largest absolute Gasteiger partial charge is 0.316 e. The molecule has 0 aliphatic rings. The third-order valence-electron chi connectivity index (χ3n) is 2.21. The van der Waals surface area contributed by atoms with Crippen LogP contribution in [0.5, 0.6) is 0 Å². The number of nitrogens with one attached hydrogen (secondary N) is 2. The summed E-state index contributed by atoms with van der Waals surface area (Å²) in [4.78, 5) is 0. The Hall–Kier alpha value is -0.380. The molecule has 0 unspecified atom stereocenters. The fourth-order valence-electron chi connectivity index (χ4n) is 1.40. The maximum atomic E-state index is 3.47. The number of likely N-dealkylation sites (N-methyl/N-ethyl adjacent to an activating group) is 1. The van der Waals surface area contributed by atoms with Gasteiger partial charge in [0.1, 0.15) is 0 Å². The molecule has 84 valence electrons. The highest BCUT2D eigenvalue weighted by molar-refractivity contribution is 9.10. The van der Waals surface area contributed by atoms with E-state index in [0.29, 0.717) is 0 Å². The monoisotopic (exact) mass is 270 g/mol. The predicted octanol–water partition coefficient (Wildman–Crippen LogP) is 2.19. The average Bonchev–Trinajstić information content (AvgIpc) is 2.23. The first-order chi connectivity index (χ1) is 7.33. The number of benzene rings is 1. The molecule has 0 aliphatic heterocycles. The quantitative estimate of drug-likeness (QED) is 0.743. The zero-order valence-electron chi connectivity index (χ0n) is 9.22. The van der Waals surface area contributed by atoms with E-state index in [1.165, 1.54) is 5.56 Å². The standard InChI is InChI=1S/C12H19BrN2/c1-2-14-8-9-15-7-6-11-4-3-5-12(13)10-11/h3-5,10,14-15H,2,6-9H2,1H3. The van der Waals surface area contributed by atoms with Crippen LogP contribution in [0.1, 0.15) is 12.5 Å². The molecule has 1 rings (SSSR count). The van der Waals surface area contributed by atoms with Crippen molar-refractivity contribution in [3.63, 3.8) is 0 Å². The van der Waals surface area contributed by atoms with Crippen molar-refractivity contribution >= 4 is 15.9 Å². The SMILES string of the molecule is CCNCCNCCc1cccc(Br)c1. The summed E-state index contributed by atoms with van der Waals surface area (Å²) in [6.07, 6.45) is 1.09. The predicted molar refractivity (Wildman–Crippen MR) is 69.3 cm³/mol. The van der Waals surface area contributed by atoms with Crippen LogP contribution in [0, 0.1) is 0 Å². The Labute approximate surface area is 101 Å². The average molecular weight is 271 g/mol. The molecule has 0 amide bonds. The van der Waals surface area contributed by atoms with E-state index in [1.54, 1.807) is 0 Å². The summed E-state index contributed by atoms with van der Waals surface area (Å²) in [7, 11) is 0. The number of hydrogen-bond donors (Lipinski definition) is 2. The van der Waals surface area contributed by atoms with Crippen molar-refractivity contribution in [3.05, 3.63) is 34.3 Å². The molecule has 2 N–H and O–H groups in total. The van der Waals surface area contributed by atoms with E-state index in [1.807, 2.05) is 0 Å². The topological polar surface area (TPSA) is 24.1 Å². The Balaban J connectivity index is 2.10. The van der Waals surface area contributed by atoms with Crippen molar-refractivity contribution in [1.82, 2.24) is 10.6 Å². The molecule has 0 spiro atoms. The summed E-state index contributed by atoms with van der Waals surface area (Å²) in [5.41, 5.74) is 1.38. The van der Waals surface area contributed by atoms with Crippen LogP contribution in [-0.4, -0.2) is 26.2 Å². The second kappa shape index (κ2) is 7.85. The summed E-state index contributed by atoms with van der Waals surface area (Å²) in [6, 6.07) is 8.48. The van der Waals surface area contributed by atoms with Gasteiger partial charge >= 0.3 is 0 Å². The van der Waals surface area contributed by atoms with Gasteiger partial charge in [-0.25, -0.2) is 0 Å². The summed E-state index contributed by atoms with van der Waals surface area (Å²) >= 11 is 3.47. The van der Waals surface area contributed by atoms with Gasteiger partial charge in [-0.1, -0.05) is 35.0 Å². The van der Waals surface area contributed by atoms with Gasteiger partial charge in [0, 0.05) is 17.6 Å². The molecule has 0 radical (unpaired) electrons. The van der Waals surface area contributed by atoms with Crippen LogP contribution in [0.25, 0.3) is 0 Å². The number of rotatable bonds is 7. The smallest absolute Gasteiger partial charge is 0.0178 e. The molecular formula is C12H19BrN2. The Morgan fingerprint density at radius 1 is 1.13 bits per heavy atom. The van der Waals surface area contributed by atoms with Gasteiger partial charge in [-0.2, -0.15) is 0 Å². The maximum Gasteiger partial charge on any atom is 0.0178 e. The fraction of sp³-hybridized carbons (Fsp3) is 0.500. The highest BCUT2D eigenvalue weighted by atomic mass is 79.9. The van der Waals surface area contributed by atoms with Crippen molar-refractivity contribution < 1.29 is 0 Å². The van der Waals surface area contributed by atoms with Crippen molar-refractivity contribution in [1.29, 1.82) is 0 Å². The zero-order valence-corrected chi connectivity index (χ0v) is 10.8. The lowest BCUT2D eigenvalue weighted by Crippen LogP contribution is -2.28. The summed E-state index contributed by atoms with van der Waals surface area (Å²) < 4.78 is 1.16. The summed E-state index contributed by atoms with van der Waals surface area (Å²) in [6.45, 7) is 6.31. The van der Waals surface area contributed by atoms with Crippen molar-refractivity contribution in [2.75, 3.05) is 26.2 Å². The van der Waals surface area contributed by atoms with Crippen LogP contribution in [-0.2, 0) is 6.42 Å². The minimum Gasteiger partial charge on any atom is -0.316 e. The Bertz CT molecular complexity index is 276. The van der Waals surface area contributed by atoms with E-state index in [-0.39, 0.29) is 0 Å². The van der Waals surface area contributed by atoms with Gasteiger partial charge < -0.3 is 10.6 Å². The van der Waals surface area contributed by atoms with E-state index in [9.17, 15) is 0 Å². The minimum absolute atomic E-state index is 1.04. The molecule has 3 heteroatoms. The van der Waals surface area contributed by atoms with Crippen LogP contribution in [0.4, 0.5) is 0 Å². The van der Waals surface area contributed by atoms with Crippen LogP contribution >= 0.6 is 15.9 Å². The Kier molecular flexibility index (Phi) is 6.64. The van der Waals surface area contributed by atoms with Crippen LogP contribution in [0.15, 0.2) is 28.7 Å². The van der Waals surface area contributed by atoms with E-state index in [2.05, 4.69) is 57.8 Å². The molecule has 0 bridgehead atoms. The van der Waals surface area contributed by atoms with Gasteiger partial charge in [-0.05, 0) is 37.2 Å². The van der Waals surface area contributed by atoms with E-state index in [0.717, 1.165) is 37.1 Å². The third-order valence-corrected chi connectivity index (χ3v) is 2.70. The number of halogens is 1. The van der Waals surface area contributed by atoms with Gasteiger partial charge in [0.25, 0.3) is 0 Å². The molecule has 0 atom stereocenters. The lowest BCUT2D eigenvalue weighted by atomic mass is 10.1. The van der Waals surface area contributed by atoms with Gasteiger partial charge in [0.15, 0.2) is 0 Å². The molecule has 1 aromatic carbocycles. The van der Waals surface area contributed by atoms with Crippen molar-refractivity contribution in [2.45, 2.75) is 13.3 Å². The van der Waals surface area contributed by atoms with Crippen molar-refractivity contribution in [2.24, 2.45) is 0 Å². The third kappa shape index (κ3) is 5.92. The summed E-state index contributed by atoms with van der Waals surface area (Å²) in [5.74, 6) is 0. The highest BCUT2D eigenvalue weighted by Crippen LogP contribution is 2.11. The highest BCUT2D eigenvalue weighted by Gasteiger charge is 1.93. The first-order valence-corrected chi connectivity index (χ1v) is 6.28. The molecule has 2 nitrogen and oxygen atoms in total. The van der Waals surface area contributed by atoms with Crippen LogP contribution < -0.4 is 10.6 Å². The molecule has 0 saturated heterocycles. The molecule has 0 saturated carbocycles. The van der Waals surface area contributed by atoms with E-state index >= 15 is 0 Å². The van der Waals surface area contributed by atoms with Crippen LogP contribution in [0.3, 0.4) is 0 Å². The van der Waals surface area contributed by atoms with Gasteiger partial charge in [0.2, 0.25) is 0 Å². The fourth-order valence-corrected chi connectivity index (χ4v) is 1.85. The van der Waals surface area contributed by atoms with E-state index in [4.69, 9.17) is 0 Å². The molecule has 0 heterocycles. The maximum absolute atomic E-state index is 3.47. The van der Waals surface area contributed by atoms with Gasteiger partial charge in [-0.15, -0.1) is 0 Å². The Morgan fingerprint density at radius 3 is 2.67 bits per heavy atom. The molecule has 0 fully saturated rings. The second-order valence-electron chi connectivity index (χ2n) is 3.48. The molecule has 15 heavy (non-hydrogen) atoms. The van der Waals surface area contributed by atoms with Crippen molar-refractivity contribution in [3.8, 4) is 0 Å². The normalized spacial score (nSPS) is 10.5. The minimum atomic E-state index is 1.04. The zero-order chi connectivity index (χ0) is 10.9. The first kappa shape index (κ1) is 12.7. The molecule has 0 aliphatic carbocycles. The second-order valence-corrected chi connectivity index (χ2v) is 4.40. The summed E-state index contributed by atoms with van der Waals surface area (Å²) in [5, 5.41) is 6.70. The molecule has 0 aromatic heterocycles. The van der Waals surface area contributed by atoms with Crippen LogP contribution in [0.2, 0.25) is 0 Å². The lowest BCUT2D eigenvalue weighted by molar-refractivity contribution is 0.624. The molecule has 1 aromatic rings.